The number of aromatic hydroxyl groups is 1. The molecule has 3 aliphatic carbocycles. The van der Waals surface area contributed by atoms with Crippen LogP contribution in [0.25, 0.3) is 16.9 Å². The van der Waals surface area contributed by atoms with Crippen molar-refractivity contribution in [3.05, 3.63) is 70.0 Å². The molecule has 0 spiro atoms. The van der Waals surface area contributed by atoms with Crippen molar-refractivity contribution < 1.29 is 34.8 Å². The lowest BCUT2D eigenvalue weighted by Crippen LogP contribution is -2.69. The molecule has 0 heterocycles. The second-order valence-corrected chi connectivity index (χ2v) is 13.6. The van der Waals surface area contributed by atoms with Crippen LogP contribution in [0.1, 0.15) is 83.9 Å². The topological polar surface area (TPSA) is 132 Å². The highest BCUT2D eigenvalue weighted by Gasteiger charge is 2.72. The van der Waals surface area contributed by atoms with Crippen LogP contribution in [0.3, 0.4) is 0 Å². The lowest BCUT2D eigenvalue weighted by atomic mass is 9.43. The monoisotopic (exact) mass is 586 g/mol. The molecule has 0 aliphatic heterocycles. The maximum atomic E-state index is 14.4. The average Bonchev–Trinajstić information content (AvgIpc) is 2.91. The molecule has 0 bridgehead atoms. The van der Waals surface area contributed by atoms with Crippen molar-refractivity contribution in [1.29, 1.82) is 0 Å². The Balaban J connectivity index is 1.71. The molecule has 2 aromatic carbocycles. The number of hydrogen-bond donors (Lipinski definition) is 4. The number of phenols is 1. The summed E-state index contributed by atoms with van der Waals surface area (Å²) in [6.45, 7) is 10.3. The summed E-state index contributed by atoms with van der Waals surface area (Å²) < 4.78 is 0. The minimum Gasteiger partial charge on any atom is -0.508 e. The molecule has 228 valence electrons. The number of aliphatic hydroxyl groups excluding tert-OH is 2. The molecule has 3 aliphatic rings. The van der Waals surface area contributed by atoms with Gasteiger partial charge in [-0.05, 0) is 66.8 Å². The standard InChI is InChI=1S/C36H42O7/c1-7-8-9-10-21-11-13-22(14-12-21)23-15-16-25(38)27-24(23)17-34(5)18-35(6)28(19(2)3)30(39)26(20(4)37)32(41)36(35,43)33(42)29(34)31(27)40/h11-16,19,28,38,40-41,43H,7-10,17-18H2,1-6H3/t28?,34-,35-,36+/m1/s1. The zero-order valence-corrected chi connectivity index (χ0v) is 25.9. The maximum absolute atomic E-state index is 14.4. The summed E-state index contributed by atoms with van der Waals surface area (Å²) in [5, 5.41) is 46.2. The van der Waals surface area contributed by atoms with Crippen molar-refractivity contribution in [2.75, 3.05) is 0 Å². The third kappa shape index (κ3) is 4.30. The molecule has 7 nitrogen and oxygen atoms in total. The number of Topliss-reactive ketones (excluding diaryl/α,β-unsaturated/α-hetero) is 3. The van der Waals surface area contributed by atoms with Crippen molar-refractivity contribution in [3.63, 3.8) is 0 Å². The Bertz CT molecular complexity index is 1590. The van der Waals surface area contributed by atoms with Gasteiger partial charge in [-0.3, -0.25) is 14.4 Å². The van der Waals surface area contributed by atoms with Crippen molar-refractivity contribution >= 4 is 23.1 Å². The lowest BCUT2D eigenvalue weighted by Gasteiger charge is -2.59. The van der Waals surface area contributed by atoms with E-state index in [0.717, 1.165) is 37.3 Å². The van der Waals surface area contributed by atoms with Gasteiger partial charge >= 0.3 is 0 Å². The van der Waals surface area contributed by atoms with E-state index in [-0.39, 0.29) is 35.6 Å². The van der Waals surface area contributed by atoms with E-state index in [1.807, 2.05) is 19.1 Å². The summed E-state index contributed by atoms with van der Waals surface area (Å²) >= 11 is 0. The second-order valence-electron chi connectivity index (χ2n) is 13.6. The van der Waals surface area contributed by atoms with Gasteiger partial charge in [-0.1, -0.05) is 77.8 Å². The van der Waals surface area contributed by atoms with Crippen LogP contribution in [0.5, 0.6) is 5.75 Å². The van der Waals surface area contributed by atoms with E-state index in [4.69, 9.17) is 0 Å². The number of phenolic OH excluding ortho intramolecular Hbond substituents is 1. The van der Waals surface area contributed by atoms with Gasteiger partial charge in [-0.25, -0.2) is 0 Å². The first-order chi connectivity index (χ1) is 20.1. The van der Waals surface area contributed by atoms with Crippen molar-refractivity contribution in [3.8, 4) is 16.9 Å². The first kappa shape index (κ1) is 30.7. The number of aryl methyl sites for hydroxylation is 1. The highest BCUT2D eigenvalue weighted by molar-refractivity contribution is 6.24. The van der Waals surface area contributed by atoms with E-state index >= 15 is 0 Å². The molecular weight excluding hydrogens is 544 g/mol. The summed E-state index contributed by atoms with van der Waals surface area (Å²) in [5.74, 6) is -5.23. The van der Waals surface area contributed by atoms with Gasteiger partial charge in [0, 0.05) is 22.3 Å². The predicted octanol–water partition coefficient (Wildman–Crippen LogP) is 6.59. The van der Waals surface area contributed by atoms with Crippen molar-refractivity contribution in [1.82, 2.24) is 0 Å². The molecule has 0 aromatic heterocycles. The van der Waals surface area contributed by atoms with E-state index in [1.165, 1.54) is 18.1 Å². The number of allylic oxidation sites excluding steroid dienone is 1. The van der Waals surface area contributed by atoms with Gasteiger partial charge in [-0.15, -0.1) is 0 Å². The van der Waals surface area contributed by atoms with Gasteiger partial charge < -0.3 is 20.4 Å². The second kappa shape index (κ2) is 10.5. The number of benzene rings is 2. The smallest absolute Gasteiger partial charge is 0.203 e. The van der Waals surface area contributed by atoms with Crippen LogP contribution in [-0.2, 0) is 27.2 Å². The molecule has 0 saturated heterocycles. The molecule has 4 N–H and O–H groups in total. The zero-order chi connectivity index (χ0) is 31.6. The molecule has 0 amide bonds. The molecule has 7 heteroatoms. The molecule has 43 heavy (non-hydrogen) atoms. The number of hydrogen-bond acceptors (Lipinski definition) is 7. The largest absolute Gasteiger partial charge is 0.508 e. The maximum Gasteiger partial charge on any atom is 0.203 e. The van der Waals surface area contributed by atoms with Crippen LogP contribution in [0, 0.1) is 22.7 Å². The molecule has 5 rings (SSSR count). The number of fused-ring (bicyclic) bond motifs is 3. The zero-order valence-electron chi connectivity index (χ0n) is 25.9. The fourth-order valence-corrected chi connectivity index (χ4v) is 8.42. The Morgan fingerprint density at radius 2 is 1.65 bits per heavy atom. The minimum absolute atomic E-state index is 0.0658. The van der Waals surface area contributed by atoms with Gasteiger partial charge in [0.05, 0.1) is 5.56 Å². The fraction of sp³-hybridized carbons (Fsp3) is 0.472. The van der Waals surface area contributed by atoms with Crippen LogP contribution in [0.15, 0.2) is 53.3 Å². The van der Waals surface area contributed by atoms with Crippen molar-refractivity contribution in [2.24, 2.45) is 22.7 Å². The van der Waals surface area contributed by atoms with Gasteiger partial charge in [0.2, 0.25) is 5.78 Å². The SMILES string of the molecule is CCCCCc1ccc(-c2ccc(O)c3c2C[C@]2(C)C[C@]4(C)C(C(C)C)C(=O)C(C(C)=O)=C(O)[C@]4(O)C(=O)C2=C3O)cc1. The Hall–Kier alpha value is -3.71. The minimum atomic E-state index is -2.61. The van der Waals surface area contributed by atoms with Gasteiger partial charge in [-0.2, -0.15) is 0 Å². The Kier molecular flexibility index (Phi) is 7.49. The molecule has 0 radical (unpaired) electrons. The molecule has 1 saturated carbocycles. The summed E-state index contributed by atoms with van der Waals surface area (Å²) in [7, 11) is 0. The van der Waals surface area contributed by atoms with Gasteiger partial charge in [0.1, 0.15) is 22.8 Å². The summed E-state index contributed by atoms with van der Waals surface area (Å²) in [6.07, 6.45) is 4.72. The molecule has 4 atom stereocenters. The van der Waals surface area contributed by atoms with Crippen LogP contribution in [0.4, 0.5) is 0 Å². The third-order valence-corrected chi connectivity index (χ3v) is 10.2. The van der Waals surface area contributed by atoms with Crippen molar-refractivity contribution in [2.45, 2.75) is 85.7 Å². The number of carbonyl (C=O) groups is 3. The highest BCUT2D eigenvalue weighted by atomic mass is 16.3. The number of carbonyl (C=O) groups excluding carboxylic acids is 3. The van der Waals surface area contributed by atoms with Crippen LogP contribution in [0.2, 0.25) is 0 Å². The fourth-order valence-electron chi connectivity index (χ4n) is 8.42. The molecular formula is C36H42O7. The molecule has 1 unspecified atom stereocenters. The number of aliphatic hydroxyl groups is 3. The summed E-state index contributed by atoms with van der Waals surface area (Å²) in [5.41, 5.74) is -2.13. The lowest BCUT2D eigenvalue weighted by molar-refractivity contribution is -0.178. The molecule has 1 fully saturated rings. The summed E-state index contributed by atoms with van der Waals surface area (Å²) in [4.78, 5) is 40.7. The van der Waals surface area contributed by atoms with E-state index in [2.05, 4.69) is 19.1 Å². The van der Waals surface area contributed by atoms with E-state index < -0.39 is 56.8 Å². The quantitative estimate of drug-likeness (QED) is 0.213. The Morgan fingerprint density at radius 1 is 1.00 bits per heavy atom. The normalized spacial score (nSPS) is 28.6. The molecule has 2 aromatic rings. The first-order valence-electron chi connectivity index (χ1n) is 15.3. The Morgan fingerprint density at radius 3 is 2.23 bits per heavy atom. The first-order valence-corrected chi connectivity index (χ1v) is 15.3. The van der Waals surface area contributed by atoms with Crippen LogP contribution >= 0.6 is 0 Å². The van der Waals surface area contributed by atoms with Crippen LogP contribution < -0.4 is 0 Å². The number of unbranched alkanes of at least 4 members (excludes halogenated alkanes) is 2. The van der Waals surface area contributed by atoms with Gasteiger partial charge in [0.25, 0.3) is 0 Å². The average molecular weight is 587 g/mol. The Labute approximate surface area is 253 Å². The number of rotatable bonds is 7. The van der Waals surface area contributed by atoms with E-state index in [1.54, 1.807) is 26.8 Å². The predicted molar refractivity (Wildman–Crippen MR) is 164 cm³/mol. The van der Waals surface area contributed by atoms with E-state index in [0.29, 0.717) is 5.56 Å². The number of ketones is 3. The van der Waals surface area contributed by atoms with Crippen LogP contribution in [-0.4, -0.2) is 43.4 Å². The van der Waals surface area contributed by atoms with Gasteiger partial charge in [0.15, 0.2) is 17.2 Å². The summed E-state index contributed by atoms with van der Waals surface area (Å²) in [6, 6.07) is 11.5. The highest BCUT2D eigenvalue weighted by Crippen LogP contribution is 2.65. The third-order valence-electron chi connectivity index (χ3n) is 10.2. The van der Waals surface area contributed by atoms with E-state index in [9.17, 15) is 34.8 Å².